The van der Waals surface area contributed by atoms with E-state index in [2.05, 4.69) is 5.53 Å². The van der Waals surface area contributed by atoms with Crippen LogP contribution in [0.3, 0.4) is 0 Å². The Morgan fingerprint density at radius 3 is 2.27 bits per heavy atom. The molecule has 2 heterocycles. The molecule has 8 heteroatoms. The van der Waals surface area contributed by atoms with Crippen molar-refractivity contribution in [2.24, 2.45) is 0 Å². The van der Waals surface area contributed by atoms with Crippen LogP contribution in [-0.4, -0.2) is 10.6 Å². The van der Waals surface area contributed by atoms with Crippen LogP contribution >= 0.6 is 0 Å². The first-order valence-electron chi connectivity index (χ1n) is 7.61. The molecule has 0 amide bonds. The first kappa shape index (κ1) is 17.8. The third kappa shape index (κ3) is 2.69. The molecule has 0 fully saturated rings. The maximum atomic E-state index is 12.7. The van der Waals surface area contributed by atoms with Gasteiger partial charge in [-0.3, -0.25) is 5.01 Å². The minimum Gasteiger partial charge on any atom is -0.492 e. The SMILES string of the molecule is CC1=Cc2ccccc2N2NN(c3ccc(C(F)(F)F)cc3)C(O)=C12.O. The molecule has 2 aromatic carbocycles. The fraction of sp³-hybridized carbons (Fsp3) is 0.111. The van der Waals surface area contributed by atoms with E-state index in [0.717, 1.165) is 29.0 Å². The molecule has 0 bridgehead atoms. The maximum Gasteiger partial charge on any atom is 0.416 e. The molecule has 0 atom stereocenters. The Morgan fingerprint density at radius 1 is 0.962 bits per heavy atom. The van der Waals surface area contributed by atoms with Crippen molar-refractivity contribution >= 4 is 17.5 Å². The van der Waals surface area contributed by atoms with Crippen LogP contribution in [0.4, 0.5) is 24.5 Å². The summed E-state index contributed by atoms with van der Waals surface area (Å²) >= 11 is 0. The third-order valence-electron chi connectivity index (χ3n) is 4.22. The molecule has 26 heavy (non-hydrogen) atoms. The summed E-state index contributed by atoms with van der Waals surface area (Å²) in [6.07, 6.45) is -2.44. The van der Waals surface area contributed by atoms with Crippen molar-refractivity contribution in [1.82, 2.24) is 5.53 Å². The van der Waals surface area contributed by atoms with Gasteiger partial charge in [-0.05, 0) is 48.9 Å². The number of para-hydroxylation sites is 1. The Bertz CT molecular complexity index is 905. The number of hydrazine groups is 2. The molecule has 4 rings (SSSR count). The predicted octanol–water partition coefficient (Wildman–Crippen LogP) is 3.77. The minimum absolute atomic E-state index is 0. The Morgan fingerprint density at radius 2 is 1.62 bits per heavy atom. The van der Waals surface area contributed by atoms with Crippen LogP contribution < -0.4 is 15.6 Å². The van der Waals surface area contributed by atoms with Crippen molar-refractivity contribution in [2.45, 2.75) is 13.1 Å². The zero-order valence-corrected chi connectivity index (χ0v) is 13.7. The van der Waals surface area contributed by atoms with Gasteiger partial charge < -0.3 is 10.6 Å². The van der Waals surface area contributed by atoms with E-state index in [1.165, 1.54) is 17.1 Å². The average molecular weight is 363 g/mol. The van der Waals surface area contributed by atoms with Crippen molar-refractivity contribution in [1.29, 1.82) is 0 Å². The molecule has 0 aromatic heterocycles. The van der Waals surface area contributed by atoms with E-state index in [1.54, 1.807) is 5.01 Å². The fourth-order valence-electron chi connectivity index (χ4n) is 3.02. The van der Waals surface area contributed by atoms with E-state index >= 15 is 0 Å². The lowest BCUT2D eigenvalue weighted by molar-refractivity contribution is -0.137. The van der Waals surface area contributed by atoms with Gasteiger partial charge in [-0.1, -0.05) is 18.2 Å². The zero-order chi connectivity index (χ0) is 17.8. The second kappa shape index (κ2) is 6.08. The van der Waals surface area contributed by atoms with Crippen LogP contribution in [0.15, 0.2) is 65.7 Å². The van der Waals surface area contributed by atoms with Gasteiger partial charge in [0.05, 0.1) is 16.9 Å². The number of rotatable bonds is 1. The van der Waals surface area contributed by atoms with Gasteiger partial charge >= 0.3 is 6.18 Å². The van der Waals surface area contributed by atoms with Gasteiger partial charge in [-0.15, -0.1) is 5.53 Å². The van der Waals surface area contributed by atoms with Crippen molar-refractivity contribution in [3.05, 3.63) is 76.8 Å². The van der Waals surface area contributed by atoms with Crippen molar-refractivity contribution in [2.75, 3.05) is 10.0 Å². The summed E-state index contributed by atoms with van der Waals surface area (Å²) in [7, 11) is 0. The van der Waals surface area contributed by atoms with Crippen LogP contribution in [-0.2, 0) is 6.18 Å². The number of hydrogen-bond acceptors (Lipinski definition) is 4. The molecule has 0 saturated carbocycles. The quantitative estimate of drug-likeness (QED) is 0.809. The van der Waals surface area contributed by atoms with E-state index < -0.39 is 11.7 Å². The molecule has 0 radical (unpaired) electrons. The average Bonchev–Trinajstić information content (AvgIpc) is 2.93. The fourth-order valence-corrected chi connectivity index (χ4v) is 3.02. The molecular weight excluding hydrogens is 347 g/mol. The maximum absolute atomic E-state index is 12.7. The van der Waals surface area contributed by atoms with Crippen LogP contribution in [0, 0.1) is 0 Å². The highest BCUT2D eigenvalue weighted by atomic mass is 19.4. The Hall–Kier alpha value is -2.97. The smallest absolute Gasteiger partial charge is 0.416 e. The molecule has 136 valence electrons. The normalized spacial score (nSPS) is 16.1. The summed E-state index contributed by atoms with van der Waals surface area (Å²) < 4.78 is 38.2. The molecule has 5 nitrogen and oxygen atoms in total. The number of alkyl halides is 3. The number of nitrogens with one attached hydrogen (secondary N) is 1. The molecule has 2 aliphatic heterocycles. The summed E-state index contributed by atoms with van der Waals surface area (Å²) in [5, 5.41) is 13.7. The molecule has 0 spiro atoms. The monoisotopic (exact) mass is 363 g/mol. The topological polar surface area (TPSA) is 70.2 Å². The van der Waals surface area contributed by atoms with Gasteiger partial charge in [0.2, 0.25) is 5.88 Å². The number of allylic oxidation sites excluding steroid dienone is 1. The highest BCUT2D eigenvalue weighted by Crippen LogP contribution is 2.39. The summed E-state index contributed by atoms with van der Waals surface area (Å²) in [5.41, 5.74) is 5.94. The highest BCUT2D eigenvalue weighted by molar-refractivity contribution is 5.81. The summed E-state index contributed by atoms with van der Waals surface area (Å²) in [6, 6.07) is 12.3. The van der Waals surface area contributed by atoms with Gasteiger partial charge in [0.1, 0.15) is 5.70 Å². The minimum atomic E-state index is -4.40. The zero-order valence-electron chi connectivity index (χ0n) is 13.7. The number of aliphatic hydroxyl groups excluding tert-OH is 1. The first-order valence-corrected chi connectivity index (χ1v) is 7.61. The van der Waals surface area contributed by atoms with E-state index in [9.17, 15) is 18.3 Å². The van der Waals surface area contributed by atoms with Crippen LogP contribution in [0.5, 0.6) is 0 Å². The lowest BCUT2D eigenvalue weighted by Gasteiger charge is -2.28. The standard InChI is InChI=1S/C18H14F3N3O.H2O/c1-11-10-12-4-2-3-5-15(12)24-16(11)17(25)23(22-24)14-8-6-13(7-9-14)18(19,20)21;/h2-10,22,25H,1H3;1H2. The molecule has 0 saturated heterocycles. The molecule has 2 aliphatic rings. The molecular formula is C18H16F3N3O2. The van der Waals surface area contributed by atoms with Crippen molar-refractivity contribution < 1.29 is 23.8 Å². The summed E-state index contributed by atoms with van der Waals surface area (Å²) in [4.78, 5) is 0. The molecule has 0 unspecified atom stereocenters. The van der Waals surface area contributed by atoms with Crippen molar-refractivity contribution in [3.63, 3.8) is 0 Å². The first-order chi connectivity index (χ1) is 11.9. The van der Waals surface area contributed by atoms with Gasteiger partial charge in [-0.2, -0.15) is 13.2 Å². The third-order valence-corrected chi connectivity index (χ3v) is 4.22. The van der Waals surface area contributed by atoms with Crippen LogP contribution in [0.25, 0.3) is 6.08 Å². The number of hydrogen-bond donors (Lipinski definition) is 2. The van der Waals surface area contributed by atoms with Gasteiger partial charge in [0.15, 0.2) is 0 Å². The second-order valence-electron chi connectivity index (χ2n) is 5.87. The molecule has 2 aromatic rings. The van der Waals surface area contributed by atoms with E-state index in [1.807, 2.05) is 37.3 Å². The molecule has 0 aliphatic carbocycles. The number of halogens is 3. The predicted molar refractivity (Wildman–Crippen MR) is 92.9 cm³/mol. The van der Waals surface area contributed by atoms with Gasteiger partial charge in [0.25, 0.3) is 0 Å². The number of benzene rings is 2. The van der Waals surface area contributed by atoms with Crippen LogP contribution in [0.2, 0.25) is 0 Å². The van der Waals surface area contributed by atoms with E-state index in [-0.39, 0.29) is 11.4 Å². The van der Waals surface area contributed by atoms with E-state index in [4.69, 9.17) is 0 Å². The highest BCUT2D eigenvalue weighted by Gasteiger charge is 2.36. The van der Waals surface area contributed by atoms with E-state index in [0.29, 0.717) is 11.4 Å². The Labute approximate surface area is 147 Å². The summed E-state index contributed by atoms with van der Waals surface area (Å²) in [5.74, 6) is -0.0667. The Kier molecular flexibility index (Phi) is 4.17. The lowest BCUT2D eigenvalue weighted by atomic mass is 10.0. The van der Waals surface area contributed by atoms with Gasteiger partial charge in [0, 0.05) is 5.56 Å². The number of nitrogens with zero attached hydrogens (tertiary/aromatic N) is 2. The van der Waals surface area contributed by atoms with Gasteiger partial charge in [-0.25, -0.2) is 5.01 Å². The largest absolute Gasteiger partial charge is 0.492 e. The second-order valence-corrected chi connectivity index (χ2v) is 5.87. The molecule has 4 N–H and O–H groups in total. The van der Waals surface area contributed by atoms with Crippen LogP contribution in [0.1, 0.15) is 18.1 Å². The number of fused-ring (bicyclic) bond motifs is 3. The van der Waals surface area contributed by atoms with Crippen molar-refractivity contribution in [3.8, 4) is 0 Å². The summed E-state index contributed by atoms with van der Waals surface area (Å²) in [6.45, 7) is 1.87. The number of aliphatic hydroxyl groups is 1. The number of anilines is 2. The lowest BCUT2D eigenvalue weighted by Crippen LogP contribution is -2.42. The Balaban J connectivity index is 0.00000196.